The summed E-state index contributed by atoms with van der Waals surface area (Å²) in [6, 6.07) is 21.3. The van der Waals surface area contributed by atoms with E-state index in [1.165, 1.54) is 17.7 Å². The predicted octanol–water partition coefficient (Wildman–Crippen LogP) is 5.81. The van der Waals surface area contributed by atoms with Crippen molar-refractivity contribution < 1.29 is 14.0 Å². The Bertz CT molecular complexity index is 1100. The fourth-order valence-electron chi connectivity index (χ4n) is 3.73. The van der Waals surface area contributed by atoms with Crippen LogP contribution in [0, 0.1) is 5.82 Å². The van der Waals surface area contributed by atoms with Crippen LogP contribution in [0.15, 0.2) is 72.8 Å². The molecular formula is C25H23FN2O2S. The summed E-state index contributed by atoms with van der Waals surface area (Å²) in [4.78, 5) is 27.0. The lowest BCUT2D eigenvalue weighted by atomic mass is 10.1. The zero-order valence-electron chi connectivity index (χ0n) is 17.2. The number of halogens is 1. The van der Waals surface area contributed by atoms with E-state index in [1.807, 2.05) is 35.2 Å². The highest BCUT2D eigenvalue weighted by Gasteiger charge is 2.35. The van der Waals surface area contributed by atoms with Gasteiger partial charge in [0.15, 0.2) is 0 Å². The highest BCUT2D eigenvalue weighted by molar-refractivity contribution is 8.00. The lowest BCUT2D eigenvalue weighted by Gasteiger charge is -2.26. The maximum absolute atomic E-state index is 13.8. The van der Waals surface area contributed by atoms with Gasteiger partial charge >= 0.3 is 0 Å². The van der Waals surface area contributed by atoms with Crippen LogP contribution in [0.25, 0.3) is 0 Å². The second-order valence-electron chi connectivity index (χ2n) is 7.36. The molecule has 0 saturated carbocycles. The zero-order valence-corrected chi connectivity index (χ0v) is 18.0. The largest absolute Gasteiger partial charge is 0.322 e. The van der Waals surface area contributed by atoms with Gasteiger partial charge in [-0.25, -0.2) is 4.39 Å². The minimum absolute atomic E-state index is 0.00206. The van der Waals surface area contributed by atoms with Crippen molar-refractivity contribution in [1.29, 1.82) is 0 Å². The molecule has 2 amide bonds. The van der Waals surface area contributed by atoms with Gasteiger partial charge in [0.1, 0.15) is 11.2 Å². The highest BCUT2D eigenvalue weighted by Crippen LogP contribution is 2.43. The van der Waals surface area contributed by atoms with Gasteiger partial charge in [-0.3, -0.25) is 14.5 Å². The van der Waals surface area contributed by atoms with Gasteiger partial charge in [0.05, 0.1) is 11.3 Å². The van der Waals surface area contributed by atoms with Crippen molar-refractivity contribution in [3.05, 3.63) is 95.3 Å². The van der Waals surface area contributed by atoms with Gasteiger partial charge < -0.3 is 5.32 Å². The van der Waals surface area contributed by atoms with Crippen molar-refractivity contribution in [1.82, 2.24) is 0 Å². The quantitative estimate of drug-likeness (QED) is 0.533. The number of thioether (sulfide) groups is 1. The van der Waals surface area contributed by atoms with Gasteiger partial charge in [-0.05, 0) is 47.9 Å². The molecular weight excluding hydrogens is 411 g/mol. The molecule has 0 radical (unpaired) electrons. The number of hydrogen-bond acceptors (Lipinski definition) is 3. The van der Waals surface area contributed by atoms with Crippen LogP contribution in [0.3, 0.4) is 0 Å². The van der Waals surface area contributed by atoms with Crippen LogP contribution >= 0.6 is 11.8 Å². The van der Waals surface area contributed by atoms with E-state index in [2.05, 4.69) is 18.3 Å². The maximum Gasteiger partial charge on any atom is 0.258 e. The topological polar surface area (TPSA) is 49.4 Å². The van der Waals surface area contributed by atoms with Gasteiger partial charge in [0.25, 0.3) is 5.91 Å². The van der Waals surface area contributed by atoms with Crippen LogP contribution in [-0.4, -0.2) is 17.6 Å². The van der Waals surface area contributed by atoms with E-state index >= 15 is 0 Å². The molecule has 6 heteroatoms. The number of nitrogens with one attached hydrogen (secondary N) is 1. The smallest absolute Gasteiger partial charge is 0.258 e. The first-order chi connectivity index (χ1) is 15.1. The minimum atomic E-state index is -0.557. The van der Waals surface area contributed by atoms with Crippen molar-refractivity contribution in [2.24, 2.45) is 0 Å². The maximum atomic E-state index is 13.8. The molecule has 1 heterocycles. The van der Waals surface area contributed by atoms with E-state index in [-0.39, 0.29) is 16.8 Å². The number of rotatable bonds is 6. The number of anilines is 2. The Morgan fingerprint density at radius 1 is 1.06 bits per heavy atom. The van der Waals surface area contributed by atoms with Crippen molar-refractivity contribution in [2.75, 3.05) is 16.0 Å². The van der Waals surface area contributed by atoms with Crippen LogP contribution in [0.1, 0.15) is 40.2 Å². The van der Waals surface area contributed by atoms with E-state index in [9.17, 15) is 14.0 Å². The summed E-state index contributed by atoms with van der Waals surface area (Å²) in [6.07, 6.45) is 1.92. The third-order valence-electron chi connectivity index (χ3n) is 5.21. The molecule has 158 valence electrons. The minimum Gasteiger partial charge on any atom is -0.322 e. The molecule has 0 aliphatic carbocycles. The molecule has 0 aromatic heterocycles. The van der Waals surface area contributed by atoms with Crippen molar-refractivity contribution >= 4 is 35.0 Å². The zero-order chi connectivity index (χ0) is 21.8. The molecule has 1 atom stereocenters. The van der Waals surface area contributed by atoms with Gasteiger partial charge in [-0.1, -0.05) is 55.8 Å². The van der Waals surface area contributed by atoms with Crippen molar-refractivity contribution in [2.45, 2.75) is 25.1 Å². The van der Waals surface area contributed by atoms with E-state index in [0.717, 1.165) is 24.1 Å². The lowest BCUT2D eigenvalue weighted by molar-refractivity contribution is -0.115. The van der Waals surface area contributed by atoms with E-state index in [4.69, 9.17) is 0 Å². The second kappa shape index (κ2) is 9.35. The van der Waals surface area contributed by atoms with Crippen LogP contribution in [0.5, 0.6) is 0 Å². The molecule has 3 aromatic rings. The number of nitrogens with zero attached hydrogens (tertiary/aromatic N) is 1. The number of benzene rings is 3. The molecule has 4 nitrogen and oxygen atoms in total. The molecule has 1 saturated heterocycles. The average Bonchev–Trinajstić information content (AvgIpc) is 3.16. The number of carbonyl (C=O) groups is 2. The summed E-state index contributed by atoms with van der Waals surface area (Å²) in [7, 11) is 0. The third kappa shape index (κ3) is 4.49. The Morgan fingerprint density at radius 3 is 2.52 bits per heavy atom. The van der Waals surface area contributed by atoms with Crippen LogP contribution in [0.4, 0.5) is 15.8 Å². The molecule has 0 bridgehead atoms. The van der Waals surface area contributed by atoms with Crippen LogP contribution in [0.2, 0.25) is 0 Å². The Kier molecular flexibility index (Phi) is 6.37. The van der Waals surface area contributed by atoms with Gasteiger partial charge in [-0.2, -0.15) is 0 Å². The molecule has 1 fully saturated rings. The molecule has 3 aromatic carbocycles. The summed E-state index contributed by atoms with van der Waals surface area (Å²) in [6.45, 7) is 2.13. The number of carbonyl (C=O) groups excluding carboxylic acids is 2. The van der Waals surface area contributed by atoms with Gasteiger partial charge in [-0.15, -0.1) is 11.8 Å². The number of aryl methyl sites for hydroxylation is 1. The summed E-state index contributed by atoms with van der Waals surface area (Å²) in [5.74, 6) is -0.530. The monoisotopic (exact) mass is 434 g/mol. The second-order valence-corrected chi connectivity index (χ2v) is 8.43. The molecule has 1 aliphatic rings. The van der Waals surface area contributed by atoms with Gasteiger partial charge in [0, 0.05) is 11.4 Å². The van der Waals surface area contributed by atoms with E-state index in [1.54, 1.807) is 36.0 Å². The summed E-state index contributed by atoms with van der Waals surface area (Å²) >= 11 is 1.59. The third-order valence-corrected chi connectivity index (χ3v) is 6.42. The molecule has 1 N–H and O–H groups in total. The lowest BCUT2D eigenvalue weighted by Crippen LogP contribution is -2.28. The van der Waals surface area contributed by atoms with Crippen molar-refractivity contribution in [3.63, 3.8) is 0 Å². The average molecular weight is 435 g/mol. The van der Waals surface area contributed by atoms with Gasteiger partial charge in [0.2, 0.25) is 5.91 Å². The Balaban J connectivity index is 1.55. The Hall–Kier alpha value is -3.12. The van der Waals surface area contributed by atoms with Crippen LogP contribution in [-0.2, 0) is 11.2 Å². The fourth-order valence-corrected chi connectivity index (χ4v) is 4.90. The first-order valence-electron chi connectivity index (χ1n) is 10.3. The van der Waals surface area contributed by atoms with E-state index < -0.39 is 11.7 Å². The fraction of sp³-hybridized carbons (Fsp3) is 0.200. The molecule has 1 aliphatic heterocycles. The molecule has 1 unspecified atom stereocenters. The predicted molar refractivity (Wildman–Crippen MR) is 124 cm³/mol. The highest BCUT2D eigenvalue weighted by atomic mass is 32.2. The molecule has 0 spiro atoms. The SMILES string of the molecule is CCCc1ccccc1N1C(=O)CSC1c1ccc(NC(=O)c2ccccc2F)cc1. The Labute approximate surface area is 185 Å². The van der Waals surface area contributed by atoms with E-state index in [0.29, 0.717) is 11.4 Å². The number of amides is 2. The van der Waals surface area contributed by atoms with Crippen LogP contribution < -0.4 is 10.2 Å². The number of hydrogen-bond donors (Lipinski definition) is 1. The normalized spacial score (nSPS) is 15.9. The standard InChI is InChI=1S/C25H23FN2O2S/c1-2-7-17-8-3-6-11-22(17)28-23(29)16-31-25(28)18-12-14-19(15-13-18)27-24(30)20-9-4-5-10-21(20)26/h3-6,8-15,25H,2,7,16H2,1H3,(H,27,30). The number of para-hydroxylation sites is 1. The first-order valence-corrected chi connectivity index (χ1v) is 11.3. The summed E-state index contributed by atoms with van der Waals surface area (Å²) in [5, 5.41) is 2.60. The van der Waals surface area contributed by atoms with Crippen molar-refractivity contribution in [3.8, 4) is 0 Å². The first kappa shape index (κ1) is 21.1. The summed E-state index contributed by atoms with van der Waals surface area (Å²) < 4.78 is 13.8. The molecule has 4 rings (SSSR count). The molecule has 31 heavy (non-hydrogen) atoms. The Morgan fingerprint density at radius 2 is 1.77 bits per heavy atom. The summed E-state index contributed by atoms with van der Waals surface area (Å²) in [5.41, 5.74) is 3.68.